The molecule has 1 heterocycles. The summed E-state index contributed by atoms with van der Waals surface area (Å²) in [7, 11) is 1.55. The third kappa shape index (κ3) is 4.42. The number of anilines is 2. The number of benzene rings is 2. The van der Waals surface area contributed by atoms with Crippen molar-refractivity contribution >= 4 is 23.2 Å². The molecule has 3 rings (SSSR count). The highest BCUT2D eigenvalue weighted by Crippen LogP contribution is 2.22. The van der Waals surface area contributed by atoms with Crippen LogP contribution < -0.4 is 14.5 Å². The maximum Gasteiger partial charge on any atom is 0.242 e. The Morgan fingerprint density at radius 3 is 2.43 bits per heavy atom. The molecule has 1 fully saturated rings. The molecule has 148 valence electrons. The molecular formula is C21H24FN3O3. The first-order chi connectivity index (χ1) is 13.5. The second-order valence-corrected chi connectivity index (χ2v) is 6.63. The van der Waals surface area contributed by atoms with Crippen LogP contribution in [0.25, 0.3) is 0 Å². The molecule has 2 amide bonds. The van der Waals surface area contributed by atoms with E-state index in [2.05, 4.69) is 0 Å². The molecule has 0 bridgehead atoms. The van der Waals surface area contributed by atoms with E-state index in [0.29, 0.717) is 43.3 Å². The Balaban J connectivity index is 1.64. The summed E-state index contributed by atoms with van der Waals surface area (Å²) in [5.74, 6) is 0.00977. The number of piperazine rings is 1. The summed E-state index contributed by atoms with van der Waals surface area (Å²) < 4.78 is 19.2. The van der Waals surface area contributed by atoms with Gasteiger partial charge in [-0.1, -0.05) is 18.2 Å². The Labute approximate surface area is 164 Å². The zero-order valence-electron chi connectivity index (χ0n) is 16.1. The van der Waals surface area contributed by atoms with Gasteiger partial charge in [-0.3, -0.25) is 9.59 Å². The zero-order valence-corrected chi connectivity index (χ0v) is 16.1. The summed E-state index contributed by atoms with van der Waals surface area (Å²) in [4.78, 5) is 29.9. The predicted molar refractivity (Wildman–Crippen MR) is 106 cm³/mol. The molecule has 0 radical (unpaired) electrons. The van der Waals surface area contributed by atoms with Crippen LogP contribution in [0.3, 0.4) is 0 Å². The molecule has 0 N–H and O–H groups in total. The van der Waals surface area contributed by atoms with Gasteiger partial charge in [0.15, 0.2) is 0 Å². The average molecular weight is 385 g/mol. The monoisotopic (exact) mass is 385 g/mol. The minimum atomic E-state index is -0.261. The van der Waals surface area contributed by atoms with E-state index in [9.17, 15) is 14.0 Å². The molecule has 1 aliphatic rings. The molecule has 0 atom stereocenters. The number of nitrogens with zero attached hydrogens (tertiary/aromatic N) is 3. The lowest BCUT2D eigenvalue weighted by atomic mass is 10.2. The molecule has 2 aromatic rings. The first-order valence-electron chi connectivity index (χ1n) is 9.19. The van der Waals surface area contributed by atoms with Crippen LogP contribution in [0.2, 0.25) is 0 Å². The summed E-state index contributed by atoms with van der Waals surface area (Å²) in [5, 5.41) is 0. The number of para-hydroxylation sites is 1. The van der Waals surface area contributed by atoms with Gasteiger partial charge in [-0.05, 0) is 24.3 Å². The quantitative estimate of drug-likeness (QED) is 0.794. The predicted octanol–water partition coefficient (Wildman–Crippen LogP) is 2.54. The van der Waals surface area contributed by atoms with E-state index in [0.717, 1.165) is 0 Å². The van der Waals surface area contributed by atoms with E-state index in [-0.39, 0.29) is 24.2 Å². The highest BCUT2D eigenvalue weighted by molar-refractivity contribution is 5.97. The lowest BCUT2D eigenvalue weighted by Gasteiger charge is -2.37. The Morgan fingerprint density at radius 1 is 1.07 bits per heavy atom. The van der Waals surface area contributed by atoms with Gasteiger partial charge in [-0.15, -0.1) is 0 Å². The molecule has 6 nitrogen and oxygen atoms in total. The largest absolute Gasteiger partial charge is 0.497 e. The molecule has 0 unspecified atom stereocenters. The van der Waals surface area contributed by atoms with Crippen LogP contribution in [0.1, 0.15) is 6.92 Å². The third-order valence-electron chi connectivity index (χ3n) is 4.86. The smallest absolute Gasteiger partial charge is 0.242 e. The third-order valence-corrected chi connectivity index (χ3v) is 4.86. The fourth-order valence-corrected chi connectivity index (χ4v) is 3.30. The maximum atomic E-state index is 14.0. The van der Waals surface area contributed by atoms with Crippen molar-refractivity contribution in [2.45, 2.75) is 6.92 Å². The average Bonchev–Trinajstić information content (AvgIpc) is 2.72. The Morgan fingerprint density at radius 2 is 1.79 bits per heavy atom. The zero-order chi connectivity index (χ0) is 20.1. The van der Waals surface area contributed by atoms with E-state index in [4.69, 9.17) is 4.74 Å². The number of methoxy groups -OCH3 is 1. The second kappa shape index (κ2) is 8.73. The molecular weight excluding hydrogens is 361 g/mol. The normalized spacial score (nSPS) is 14.0. The highest BCUT2D eigenvalue weighted by Gasteiger charge is 2.25. The molecule has 2 aromatic carbocycles. The lowest BCUT2D eigenvalue weighted by molar-refractivity contribution is -0.131. The van der Waals surface area contributed by atoms with Crippen molar-refractivity contribution in [3.05, 3.63) is 54.3 Å². The fraction of sp³-hybridized carbons (Fsp3) is 0.333. The van der Waals surface area contributed by atoms with Crippen LogP contribution in [-0.2, 0) is 9.59 Å². The van der Waals surface area contributed by atoms with Crippen LogP contribution in [0.15, 0.2) is 48.5 Å². The SMILES string of the molecule is COc1cccc(N(CC(=O)N2CCN(c3ccccc3F)CC2)C(C)=O)c1. The highest BCUT2D eigenvalue weighted by atomic mass is 19.1. The van der Waals surface area contributed by atoms with E-state index in [1.165, 1.54) is 17.9 Å². The first kappa shape index (κ1) is 19.7. The number of carbonyl (C=O) groups excluding carboxylic acids is 2. The van der Waals surface area contributed by atoms with Crippen LogP contribution >= 0.6 is 0 Å². The summed E-state index contributed by atoms with van der Waals surface area (Å²) in [5.41, 5.74) is 1.17. The van der Waals surface area contributed by atoms with Gasteiger partial charge in [-0.2, -0.15) is 0 Å². The number of halogens is 1. The number of carbonyl (C=O) groups is 2. The second-order valence-electron chi connectivity index (χ2n) is 6.63. The van der Waals surface area contributed by atoms with Crippen molar-refractivity contribution in [1.82, 2.24) is 4.90 Å². The Hall–Kier alpha value is -3.09. The summed E-state index contributed by atoms with van der Waals surface area (Å²) in [6.07, 6.45) is 0. The fourth-order valence-electron chi connectivity index (χ4n) is 3.30. The molecule has 0 spiro atoms. The van der Waals surface area contributed by atoms with Gasteiger partial charge in [0.2, 0.25) is 11.8 Å². The number of amides is 2. The molecule has 0 aromatic heterocycles. The minimum absolute atomic E-state index is 0.0395. The molecule has 0 saturated carbocycles. The van der Waals surface area contributed by atoms with Gasteiger partial charge < -0.3 is 19.4 Å². The van der Waals surface area contributed by atoms with Gasteiger partial charge in [0, 0.05) is 44.9 Å². The van der Waals surface area contributed by atoms with Gasteiger partial charge in [0.1, 0.15) is 18.1 Å². The van der Waals surface area contributed by atoms with E-state index < -0.39 is 0 Å². The standard InChI is InChI=1S/C21H24FN3O3/c1-16(26)25(17-6-5-7-18(14-17)28-2)15-21(27)24-12-10-23(11-13-24)20-9-4-3-8-19(20)22/h3-9,14H,10-13,15H2,1-2H3. The molecule has 7 heteroatoms. The number of ether oxygens (including phenoxy) is 1. The van der Waals surface area contributed by atoms with Gasteiger partial charge in [-0.25, -0.2) is 4.39 Å². The Kier molecular flexibility index (Phi) is 6.13. The summed E-state index contributed by atoms with van der Waals surface area (Å²) in [6, 6.07) is 13.7. The maximum absolute atomic E-state index is 14.0. The van der Waals surface area contributed by atoms with Crippen molar-refractivity contribution in [2.24, 2.45) is 0 Å². The molecule has 0 aliphatic carbocycles. The molecule has 1 saturated heterocycles. The van der Waals surface area contributed by atoms with E-state index >= 15 is 0 Å². The molecule has 1 aliphatic heterocycles. The minimum Gasteiger partial charge on any atom is -0.497 e. The summed E-state index contributed by atoms with van der Waals surface area (Å²) >= 11 is 0. The molecule has 28 heavy (non-hydrogen) atoms. The first-order valence-corrected chi connectivity index (χ1v) is 9.19. The summed E-state index contributed by atoms with van der Waals surface area (Å²) in [6.45, 7) is 3.46. The van der Waals surface area contributed by atoms with Gasteiger partial charge >= 0.3 is 0 Å². The van der Waals surface area contributed by atoms with E-state index in [1.54, 1.807) is 54.5 Å². The number of hydrogen-bond acceptors (Lipinski definition) is 4. The number of rotatable bonds is 5. The van der Waals surface area contributed by atoms with Crippen LogP contribution in [0, 0.1) is 5.82 Å². The van der Waals surface area contributed by atoms with Gasteiger partial charge in [0.25, 0.3) is 0 Å². The van der Waals surface area contributed by atoms with E-state index in [1.807, 2.05) is 4.90 Å². The van der Waals surface area contributed by atoms with Crippen molar-refractivity contribution < 1.29 is 18.7 Å². The van der Waals surface area contributed by atoms with Crippen molar-refractivity contribution in [2.75, 3.05) is 49.6 Å². The van der Waals surface area contributed by atoms with Crippen LogP contribution in [0.4, 0.5) is 15.8 Å². The lowest BCUT2D eigenvalue weighted by Crippen LogP contribution is -2.52. The topological polar surface area (TPSA) is 53.1 Å². The number of hydrogen-bond donors (Lipinski definition) is 0. The van der Waals surface area contributed by atoms with Gasteiger partial charge in [0.05, 0.1) is 12.8 Å². The van der Waals surface area contributed by atoms with Crippen LogP contribution in [0.5, 0.6) is 5.75 Å². The van der Waals surface area contributed by atoms with Crippen LogP contribution in [-0.4, -0.2) is 56.5 Å². The Bertz CT molecular complexity index is 850. The van der Waals surface area contributed by atoms with Crippen molar-refractivity contribution in [3.8, 4) is 5.75 Å². The van der Waals surface area contributed by atoms with Crippen molar-refractivity contribution in [1.29, 1.82) is 0 Å². The van der Waals surface area contributed by atoms with Crippen molar-refractivity contribution in [3.63, 3.8) is 0 Å².